The van der Waals surface area contributed by atoms with Gasteiger partial charge in [0.15, 0.2) is 0 Å². The summed E-state index contributed by atoms with van der Waals surface area (Å²) in [6, 6.07) is 3.13. The van der Waals surface area contributed by atoms with Crippen LogP contribution in [0.15, 0.2) is 12.1 Å². The minimum atomic E-state index is 0.0145. The lowest BCUT2D eigenvalue weighted by Crippen LogP contribution is -1.99. The molecule has 3 heteroatoms. The molecule has 0 bridgehead atoms. The van der Waals surface area contributed by atoms with E-state index in [0.717, 1.165) is 5.56 Å². The quantitative estimate of drug-likeness (QED) is 0.793. The Kier molecular flexibility index (Phi) is 2.94. The molecule has 0 fully saturated rings. The fourth-order valence-electron chi connectivity index (χ4n) is 1.19. The van der Waals surface area contributed by atoms with Crippen molar-refractivity contribution in [2.45, 2.75) is 20.3 Å². The second-order valence-electron chi connectivity index (χ2n) is 3.05. The zero-order valence-corrected chi connectivity index (χ0v) is 8.35. The van der Waals surface area contributed by atoms with Gasteiger partial charge in [0.2, 0.25) is 0 Å². The van der Waals surface area contributed by atoms with E-state index in [1.165, 1.54) is 13.0 Å². The van der Waals surface area contributed by atoms with Crippen molar-refractivity contribution in [2.75, 3.05) is 0 Å². The van der Waals surface area contributed by atoms with Gasteiger partial charge < -0.3 is 5.11 Å². The molecule has 0 aliphatic rings. The van der Waals surface area contributed by atoms with Gasteiger partial charge in [0.25, 0.3) is 0 Å². The Bertz CT molecular complexity index is 345. The average molecular weight is 199 g/mol. The highest BCUT2D eigenvalue weighted by molar-refractivity contribution is 6.31. The van der Waals surface area contributed by atoms with Gasteiger partial charge in [-0.2, -0.15) is 0 Å². The van der Waals surface area contributed by atoms with E-state index in [2.05, 4.69) is 0 Å². The van der Waals surface area contributed by atoms with Gasteiger partial charge in [-0.05, 0) is 31.5 Å². The molecule has 0 heterocycles. The molecule has 0 atom stereocenters. The van der Waals surface area contributed by atoms with Gasteiger partial charge in [0, 0.05) is 17.0 Å². The van der Waals surface area contributed by atoms with Gasteiger partial charge in [-0.1, -0.05) is 11.6 Å². The Labute approximate surface area is 82.2 Å². The van der Waals surface area contributed by atoms with E-state index in [1.807, 2.05) is 0 Å². The Morgan fingerprint density at radius 2 is 2.15 bits per heavy atom. The fourth-order valence-corrected chi connectivity index (χ4v) is 1.36. The van der Waals surface area contributed by atoms with Crippen molar-refractivity contribution < 1.29 is 9.90 Å². The molecule has 1 rings (SSSR count). The maximum Gasteiger partial charge on any atom is 0.134 e. The maximum absolute atomic E-state index is 10.9. The summed E-state index contributed by atoms with van der Waals surface area (Å²) in [7, 11) is 0. The lowest BCUT2D eigenvalue weighted by Gasteiger charge is -2.07. The molecule has 1 N–H and O–H groups in total. The number of hydrogen-bond donors (Lipinski definition) is 1. The first kappa shape index (κ1) is 10.1. The van der Waals surface area contributed by atoms with Crippen molar-refractivity contribution in [1.82, 2.24) is 0 Å². The number of halogens is 1. The summed E-state index contributed by atoms with van der Waals surface area (Å²) in [4.78, 5) is 10.9. The molecule has 0 radical (unpaired) electrons. The van der Waals surface area contributed by atoms with Crippen LogP contribution in [0.3, 0.4) is 0 Å². The number of carbonyl (C=O) groups excluding carboxylic acids is 1. The van der Waals surface area contributed by atoms with Crippen LogP contribution in [0.2, 0.25) is 5.02 Å². The van der Waals surface area contributed by atoms with Gasteiger partial charge in [-0.3, -0.25) is 4.79 Å². The zero-order chi connectivity index (χ0) is 10.0. The highest BCUT2D eigenvalue weighted by Crippen LogP contribution is 2.27. The Morgan fingerprint density at radius 1 is 1.54 bits per heavy atom. The van der Waals surface area contributed by atoms with E-state index in [0.29, 0.717) is 10.6 Å². The Hall–Kier alpha value is -1.02. The first-order chi connectivity index (χ1) is 6.02. The molecule has 1 aromatic carbocycles. The molecule has 0 aliphatic heterocycles. The summed E-state index contributed by atoms with van der Waals surface area (Å²) in [5, 5.41) is 10.0. The third-order valence-corrected chi connectivity index (χ3v) is 2.34. The molecular formula is C10H11ClO2. The minimum Gasteiger partial charge on any atom is -0.508 e. The van der Waals surface area contributed by atoms with Crippen LogP contribution in [0.1, 0.15) is 18.1 Å². The Balaban J connectivity index is 3.17. The van der Waals surface area contributed by atoms with E-state index >= 15 is 0 Å². The van der Waals surface area contributed by atoms with Gasteiger partial charge in [0.05, 0.1) is 0 Å². The molecule has 0 aromatic heterocycles. The molecule has 0 unspecified atom stereocenters. The SMILES string of the molecule is CC(=O)Cc1c(O)ccc(Cl)c1C. The average Bonchev–Trinajstić information content (AvgIpc) is 2.05. The first-order valence-corrected chi connectivity index (χ1v) is 4.36. The number of rotatable bonds is 2. The predicted molar refractivity (Wildman–Crippen MR) is 52.2 cm³/mol. The first-order valence-electron chi connectivity index (χ1n) is 3.98. The van der Waals surface area contributed by atoms with Crippen LogP contribution in [0.25, 0.3) is 0 Å². The molecule has 70 valence electrons. The lowest BCUT2D eigenvalue weighted by molar-refractivity contribution is -0.116. The standard InChI is InChI=1S/C10H11ClO2/c1-6(12)5-8-7(2)9(11)3-4-10(8)13/h3-4,13H,5H2,1-2H3. The second-order valence-corrected chi connectivity index (χ2v) is 3.46. The smallest absolute Gasteiger partial charge is 0.134 e. The minimum absolute atomic E-state index is 0.0145. The summed E-state index contributed by atoms with van der Waals surface area (Å²) < 4.78 is 0. The van der Waals surface area contributed by atoms with E-state index in [4.69, 9.17) is 11.6 Å². The maximum atomic E-state index is 10.9. The molecule has 0 saturated heterocycles. The summed E-state index contributed by atoms with van der Waals surface area (Å²) in [6.07, 6.45) is 0.234. The number of phenolic OH excluding ortho intramolecular Hbond substituents is 1. The van der Waals surface area contributed by atoms with Crippen molar-refractivity contribution in [3.05, 3.63) is 28.3 Å². The zero-order valence-electron chi connectivity index (χ0n) is 7.60. The normalized spacial score (nSPS) is 10.1. The van der Waals surface area contributed by atoms with Crippen LogP contribution in [0.5, 0.6) is 5.75 Å². The van der Waals surface area contributed by atoms with Crippen molar-refractivity contribution in [3.8, 4) is 5.75 Å². The molecule has 0 spiro atoms. The van der Waals surface area contributed by atoms with Crippen molar-refractivity contribution in [1.29, 1.82) is 0 Å². The van der Waals surface area contributed by atoms with E-state index < -0.39 is 0 Å². The second kappa shape index (κ2) is 3.79. The van der Waals surface area contributed by atoms with E-state index in [9.17, 15) is 9.90 Å². The van der Waals surface area contributed by atoms with Crippen molar-refractivity contribution in [3.63, 3.8) is 0 Å². The van der Waals surface area contributed by atoms with Gasteiger partial charge >= 0.3 is 0 Å². The third-order valence-electron chi connectivity index (χ3n) is 1.93. The topological polar surface area (TPSA) is 37.3 Å². The summed E-state index contributed by atoms with van der Waals surface area (Å²) >= 11 is 5.85. The highest BCUT2D eigenvalue weighted by Gasteiger charge is 2.09. The highest BCUT2D eigenvalue weighted by atomic mass is 35.5. The number of aromatic hydroxyl groups is 1. The number of phenols is 1. The molecule has 13 heavy (non-hydrogen) atoms. The number of hydrogen-bond acceptors (Lipinski definition) is 2. The number of carbonyl (C=O) groups is 1. The van der Waals surface area contributed by atoms with E-state index in [-0.39, 0.29) is 18.0 Å². The van der Waals surface area contributed by atoms with Gasteiger partial charge in [-0.25, -0.2) is 0 Å². The number of Topliss-reactive ketones (excluding diaryl/α,β-unsaturated/α-hetero) is 1. The number of benzene rings is 1. The molecule has 1 aromatic rings. The molecule has 2 nitrogen and oxygen atoms in total. The van der Waals surface area contributed by atoms with Gasteiger partial charge in [-0.15, -0.1) is 0 Å². The molecular weight excluding hydrogens is 188 g/mol. The summed E-state index contributed by atoms with van der Waals surface area (Å²) in [5.74, 6) is 0.151. The largest absolute Gasteiger partial charge is 0.508 e. The van der Waals surface area contributed by atoms with E-state index in [1.54, 1.807) is 13.0 Å². The van der Waals surface area contributed by atoms with Crippen LogP contribution in [0.4, 0.5) is 0 Å². The predicted octanol–water partition coefficient (Wildman–Crippen LogP) is 2.49. The summed E-state index contributed by atoms with van der Waals surface area (Å²) in [5.41, 5.74) is 1.40. The fraction of sp³-hybridized carbons (Fsp3) is 0.300. The van der Waals surface area contributed by atoms with Crippen molar-refractivity contribution in [2.24, 2.45) is 0 Å². The monoisotopic (exact) mass is 198 g/mol. The molecule has 0 aliphatic carbocycles. The van der Waals surface area contributed by atoms with Crippen LogP contribution in [-0.4, -0.2) is 10.9 Å². The number of ketones is 1. The molecule has 0 amide bonds. The van der Waals surface area contributed by atoms with Gasteiger partial charge in [0.1, 0.15) is 11.5 Å². The van der Waals surface area contributed by atoms with Crippen LogP contribution >= 0.6 is 11.6 Å². The third kappa shape index (κ3) is 2.22. The Morgan fingerprint density at radius 3 is 2.69 bits per heavy atom. The van der Waals surface area contributed by atoms with Crippen molar-refractivity contribution >= 4 is 17.4 Å². The molecule has 0 saturated carbocycles. The van der Waals surface area contributed by atoms with Crippen LogP contribution in [0, 0.1) is 6.92 Å². The lowest BCUT2D eigenvalue weighted by atomic mass is 10.0. The van der Waals surface area contributed by atoms with Crippen LogP contribution in [-0.2, 0) is 11.2 Å². The van der Waals surface area contributed by atoms with Crippen LogP contribution < -0.4 is 0 Å². The summed E-state index contributed by atoms with van der Waals surface area (Å²) in [6.45, 7) is 3.28.